The largest absolute Gasteiger partial charge is 0.497 e. The monoisotopic (exact) mass is 230 g/mol. The summed E-state index contributed by atoms with van der Waals surface area (Å²) in [7, 11) is 1.63. The standard InChI is InChI=1S/C14H18N2O/c1-10(2)16-11(3)14(9-15)12-5-7-13(17-4)8-6-12/h5-8,10,16H,1-4H3/b14-11+. The highest BCUT2D eigenvalue weighted by Crippen LogP contribution is 2.20. The molecule has 0 bridgehead atoms. The number of nitrogens with zero attached hydrogens (tertiary/aromatic N) is 1. The van der Waals surface area contributed by atoms with Gasteiger partial charge in [-0.3, -0.25) is 0 Å². The number of hydrogen-bond acceptors (Lipinski definition) is 3. The van der Waals surface area contributed by atoms with Gasteiger partial charge in [0, 0.05) is 11.7 Å². The van der Waals surface area contributed by atoms with E-state index < -0.39 is 0 Å². The van der Waals surface area contributed by atoms with Crippen molar-refractivity contribution in [1.82, 2.24) is 5.32 Å². The van der Waals surface area contributed by atoms with Crippen molar-refractivity contribution in [2.75, 3.05) is 7.11 Å². The Labute approximate surface area is 103 Å². The van der Waals surface area contributed by atoms with Crippen LogP contribution in [0.2, 0.25) is 0 Å². The van der Waals surface area contributed by atoms with Gasteiger partial charge in [0.15, 0.2) is 0 Å². The fourth-order valence-electron chi connectivity index (χ4n) is 1.63. The zero-order chi connectivity index (χ0) is 12.8. The van der Waals surface area contributed by atoms with Crippen molar-refractivity contribution in [3.63, 3.8) is 0 Å². The van der Waals surface area contributed by atoms with Gasteiger partial charge in [-0.05, 0) is 50.6 Å². The van der Waals surface area contributed by atoms with Crippen molar-refractivity contribution in [3.05, 3.63) is 35.5 Å². The molecule has 0 aliphatic heterocycles. The van der Waals surface area contributed by atoms with Gasteiger partial charge >= 0.3 is 0 Å². The van der Waals surface area contributed by atoms with Gasteiger partial charge in [-0.1, -0.05) is 0 Å². The van der Waals surface area contributed by atoms with Gasteiger partial charge in [0.05, 0.1) is 12.7 Å². The molecule has 0 unspecified atom stereocenters. The van der Waals surface area contributed by atoms with Crippen LogP contribution in [0.4, 0.5) is 0 Å². The molecule has 0 atom stereocenters. The van der Waals surface area contributed by atoms with Gasteiger partial charge in [0.2, 0.25) is 0 Å². The Hall–Kier alpha value is -1.95. The summed E-state index contributed by atoms with van der Waals surface area (Å²) >= 11 is 0. The van der Waals surface area contributed by atoms with E-state index in [1.54, 1.807) is 7.11 Å². The number of ether oxygens (including phenoxy) is 1. The minimum atomic E-state index is 0.316. The quantitative estimate of drug-likeness (QED) is 0.809. The number of benzene rings is 1. The first-order chi connectivity index (χ1) is 8.08. The summed E-state index contributed by atoms with van der Waals surface area (Å²) in [6, 6.07) is 10.1. The summed E-state index contributed by atoms with van der Waals surface area (Å²) in [5.74, 6) is 0.792. The predicted octanol–water partition coefficient (Wildman–Crippen LogP) is 2.95. The van der Waals surface area contributed by atoms with Crippen LogP contribution in [0.25, 0.3) is 5.57 Å². The molecular weight excluding hydrogens is 212 g/mol. The maximum atomic E-state index is 9.21. The second-order valence-electron chi connectivity index (χ2n) is 4.14. The number of rotatable bonds is 4. The van der Waals surface area contributed by atoms with Crippen molar-refractivity contribution in [1.29, 1.82) is 5.26 Å². The van der Waals surface area contributed by atoms with Gasteiger partial charge < -0.3 is 10.1 Å². The molecule has 0 heterocycles. The second kappa shape index (κ2) is 5.95. The third-order valence-corrected chi connectivity index (χ3v) is 2.37. The molecule has 0 fully saturated rings. The molecule has 0 spiro atoms. The molecule has 0 radical (unpaired) electrons. The molecule has 0 aliphatic rings. The number of methoxy groups -OCH3 is 1. The number of nitriles is 1. The van der Waals surface area contributed by atoms with Crippen LogP contribution in [0.15, 0.2) is 30.0 Å². The minimum absolute atomic E-state index is 0.316. The zero-order valence-corrected chi connectivity index (χ0v) is 10.7. The molecule has 0 amide bonds. The average Bonchev–Trinajstić information content (AvgIpc) is 2.30. The van der Waals surface area contributed by atoms with E-state index in [1.807, 2.05) is 45.0 Å². The highest BCUT2D eigenvalue weighted by molar-refractivity contribution is 5.78. The molecule has 0 saturated carbocycles. The molecule has 0 aliphatic carbocycles. The summed E-state index contributed by atoms with van der Waals surface area (Å²) in [6.07, 6.45) is 0. The third kappa shape index (κ3) is 3.53. The highest BCUT2D eigenvalue weighted by Gasteiger charge is 2.06. The number of nitrogens with one attached hydrogen (secondary N) is 1. The molecule has 1 rings (SSSR count). The molecule has 1 N–H and O–H groups in total. The van der Waals surface area contributed by atoms with E-state index in [2.05, 4.69) is 11.4 Å². The first-order valence-electron chi connectivity index (χ1n) is 5.60. The molecule has 1 aromatic rings. The summed E-state index contributed by atoms with van der Waals surface area (Å²) < 4.78 is 5.09. The Kier molecular flexibility index (Phi) is 4.59. The molecule has 3 nitrogen and oxygen atoms in total. The van der Waals surface area contributed by atoms with Crippen LogP contribution in [0.3, 0.4) is 0 Å². The third-order valence-electron chi connectivity index (χ3n) is 2.37. The number of hydrogen-bond donors (Lipinski definition) is 1. The first-order valence-corrected chi connectivity index (χ1v) is 5.60. The Morgan fingerprint density at radius 2 is 1.88 bits per heavy atom. The number of allylic oxidation sites excluding steroid dienone is 2. The second-order valence-corrected chi connectivity index (χ2v) is 4.14. The lowest BCUT2D eigenvalue weighted by Gasteiger charge is -2.12. The van der Waals surface area contributed by atoms with E-state index in [1.165, 1.54) is 0 Å². The topological polar surface area (TPSA) is 45.0 Å². The maximum Gasteiger partial charge on any atom is 0.118 e. The van der Waals surface area contributed by atoms with E-state index in [9.17, 15) is 5.26 Å². The fraction of sp³-hybridized carbons (Fsp3) is 0.357. The van der Waals surface area contributed by atoms with Crippen molar-refractivity contribution in [3.8, 4) is 11.8 Å². The van der Waals surface area contributed by atoms with Crippen molar-refractivity contribution < 1.29 is 4.74 Å². The average molecular weight is 230 g/mol. The van der Waals surface area contributed by atoms with E-state index in [4.69, 9.17) is 4.74 Å². The Balaban J connectivity index is 3.05. The Morgan fingerprint density at radius 3 is 2.29 bits per heavy atom. The van der Waals surface area contributed by atoms with Crippen LogP contribution < -0.4 is 10.1 Å². The van der Waals surface area contributed by atoms with Gasteiger partial charge in [-0.25, -0.2) is 0 Å². The molecule has 1 aromatic carbocycles. The van der Waals surface area contributed by atoms with E-state index in [0.29, 0.717) is 11.6 Å². The molecule has 90 valence electrons. The molecule has 17 heavy (non-hydrogen) atoms. The fourth-order valence-corrected chi connectivity index (χ4v) is 1.63. The summed E-state index contributed by atoms with van der Waals surface area (Å²) in [4.78, 5) is 0. The van der Waals surface area contributed by atoms with E-state index in [0.717, 1.165) is 17.0 Å². The van der Waals surface area contributed by atoms with Crippen molar-refractivity contribution in [2.45, 2.75) is 26.8 Å². The van der Waals surface area contributed by atoms with Gasteiger partial charge in [-0.2, -0.15) is 5.26 Å². The van der Waals surface area contributed by atoms with Gasteiger partial charge in [-0.15, -0.1) is 0 Å². The smallest absolute Gasteiger partial charge is 0.118 e. The van der Waals surface area contributed by atoms with Crippen LogP contribution >= 0.6 is 0 Å². The summed E-state index contributed by atoms with van der Waals surface area (Å²) in [6.45, 7) is 6.02. The van der Waals surface area contributed by atoms with Crippen LogP contribution in [-0.4, -0.2) is 13.2 Å². The van der Waals surface area contributed by atoms with Crippen molar-refractivity contribution >= 4 is 5.57 Å². The molecule has 0 saturated heterocycles. The maximum absolute atomic E-state index is 9.21. The van der Waals surface area contributed by atoms with Gasteiger partial charge in [0.1, 0.15) is 11.8 Å². The lowest BCUT2D eigenvalue weighted by atomic mass is 10.0. The normalized spacial score (nSPS) is 11.8. The van der Waals surface area contributed by atoms with E-state index >= 15 is 0 Å². The van der Waals surface area contributed by atoms with Crippen LogP contribution in [0, 0.1) is 11.3 Å². The van der Waals surface area contributed by atoms with Crippen molar-refractivity contribution in [2.24, 2.45) is 0 Å². The zero-order valence-electron chi connectivity index (χ0n) is 10.7. The Bertz CT molecular complexity index is 438. The summed E-state index contributed by atoms with van der Waals surface area (Å²) in [5, 5.41) is 12.5. The lowest BCUT2D eigenvalue weighted by molar-refractivity contribution is 0.415. The van der Waals surface area contributed by atoms with Crippen LogP contribution in [0.5, 0.6) is 5.75 Å². The van der Waals surface area contributed by atoms with Crippen LogP contribution in [-0.2, 0) is 0 Å². The van der Waals surface area contributed by atoms with Gasteiger partial charge in [0.25, 0.3) is 0 Å². The SMILES string of the molecule is COc1ccc(/C(C#N)=C(\C)NC(C)C)cc1. The molecule has 0 aromatic heterocycles. The molecular formula is C14H18N2O. The lowest BCUT2D eigenvalue weighted by Crippen LogP contribution is -2.21. The first kappa shape index (κ1) is 13.1. The Morgan fingerprint density at radius 1 is 1.29 bits per heavy atom. The summed E-state index contributed by atoms with van der Waals surface area (Å²) in [5.41, 5.74) is 2.47. The highest BCUT2D eigenvalue weighted by atomic mass is 16.5. The predicted molar refractivity (Wildman–Crippen MR) is 69.5 cm³/mol. The van der Waals surface area contributed by atoms with Crippen LogP contribution in [0.1, 0.15) is 26.3 Å². The van der Waals surface area contributed by atoms with E-state index in [-0.39, 0.29) is 0 Å². The minimum Gasteiger partial charge on any atom is -0.497 e. The molecule has 3 heteroatoms.